The molecular formula is C16H23ClN4O2. The van der Waals surface area contributed by atoms with Gasteiger partial charge in [0, 0.05) is 24.9 Å². The third kappa shape index (κ3) is 9.21. The molecule has 1 amide bonds. The number of aryl methyl sites for hydroxylation is 1. The van der Waals surface area contributed by atoms with E-state index in [1.54, 1.807) is 18.3 Å². The molecular weight excluding hydrogens is 316 g/mol. The number of nitrogens with two attached hydrogens (primary N) is 1. The number of nitrogen functional groups attached to an aromatic ring is 1. The van der Waals surface area contributed by atoms with Crippen molar-refractivity contribution >= 4 is 35.7 Å². The van der Waals surface area contributed by atoms with Crippen molar-refractivity contribution in [2.45, 2.75) is 28.2 Å². The van der Waals surface area contributed by atoms with Gasteiger partial charge in [-0.2, -0.15) is 0 Å². The number of pyridine rings is 2. The lowest BCUT2D eigenvalue weighted by atomic mass is 10.2. The predicted octanol–water partition coefficient (Wildman–Crippen LogP) is 3.27. The summed E-state index contributed by atoms with van der Waals surface area (Å²) in [6.45, 7) is 4.91. The maximum absolute atomic E-state index is 10.7. The highest BCUT2D eigenvalue weighted by Gasteiger charge is 1.97. The first kappa shape index (κ1) is 22.8. The van der Waals surface area contributed by atoms with Crippen LogP contribution in [-0.2, 0) is 4.79 Å². The van der Waals surface area contributed by atoms with Gasteiger partial charge in [0.25, 0.3) is 0 Å². The van der Waals surface area contributed by atoms with Crippen molar-refractivity contribution in [3.05, 3.63) is 47.8 Å². The molecule has 0 unspecified atom stereocenters. The van der Waals surface area contributed by atoms with Gasteiger partial charge in [-0.15, -0.1) is 12.4 Å². The van der Waals surface area contributed by atoms with Crippen LogP contribution in [0.15, 0.2) is 36.7 Å². The lowest BCUT2D eigenvalue weighted by Gasteiger charge is -1.99. The average Bonchev–Trinajstić information content (AvgIpc) is 2.38. The molecule has 0 aliphatic carbocycles. The number of hydrogen-bond acceptors (Lipinski definition) is 5. The summed E-state index contributed by atoms with van der Waals surface area (Å²) in [5.41, 5.74) is 7.02. The maximum atomic E-state index is 10.7. The summed E-state index contributed by atoms with van der Waals surface area (Å²) >= 11 is 0. The fraction of sp³-hybridized carbons (Fsp3) is 0.250. The summed E-state index contributed by atoms with van der Waals surface area (Å²) in [5, 5.41) is 2.60. The van der Waals surface area contributed by atoms with E-state index in [4.69, 9.17) is 5.73 Å². The van der Waals surface area contributed by atoms with Crippen molar-refractivity contribution < 1.29 is 9.59 Å². The molecule has 126 valence electrons. The summed E-state index contributed by atoms with van der Waals surface area (Å²) in [5.74, 6) is 0.905. The van der Waals surface area contributed by atoms with E-state index in [-0.39, 0.29) is 31.5 Å². The van der Waals surface area contributed by atoms with Crippen LogP contribution < -0.4 is 11.1 Å². The van der Waals surface area contributed by atoms with Crippen LogP contribution in [0.3, 0.4) is 0 Å². The molecule has 3 N–H and O–H groups in total. The number of nitrogens with zero attached hydrogens (tertiary/aromatic N) is 2. The van der Waals surface area contributed by atoms with E-state index in [2.05, 4.69) is 15.3 Å². The Morgan fingerprint density at radius 3 is 2.13 bits per heavy atom. The Labute approximate surface area is 142 Å². The van der Waals surface area contributed by atoms with Crippen LogP contribution in [0, 0.1) is 6.92 Å². The van der Waals surface area contributed by atoms with Crippen molar-refractivity contribution in [2.24, 2.45) is 0 Å². The van der Waals surface area contributed by atoms with Crippen molar-refractivity contribution in [2.75, 3.05) is 11.1 Å². The Balaban J connectivity index is 0. The molecule has 0 radical (unpaired) electrons. The maximum Gasteiger partial charge on any atom is 0.222 e. The highest BCUT2D eigenvalue weighted by atomic mass is 35.5. The van der Waals surface area contributed by atoms with Crippen LogP contribution in [0.25, 0.3) is 0 Å². The van der Waals surface area contributed by atoms with Crippen LogP contribution in [-0.4, -0.2) is 21.7 Å². The van der Waals surface area contributed by atoms with Crippen molar-refractivity contribution in [3.63, 3.8) is 0 Å². The summed E-state index contributed by atoms with van der Waals surface area (Å²) in [7, 11) is 0. The van der Waals surface area contributed by atoms with Gasteiger partial charge in [-0.1, -0.05) is 7.43 Å². The zero-order chi connectivity index (χ0) is 15.8. The molecule has 2 rings (SSSR count). The number of rotatable bonds is 2. The summed E-state index contributed by atoms with van der Waals surface area (Å²) in [4.78, 5) is 29.0. The van der Waals surface area contributed by atoms with Gasteiger partial charge in [0.2, 0.25) is 5.91 Å². The largest absolute Gasteiger partial charge is 0.384 e. The fourth-order valence-corrected chi connectivity index (χ4v) is 1.45. The number of aromatic nitrogens is 2. The molecule has 0 aromatic carbocycles. The molecule has 0 fully saturated rings. The summed E-state index contributed by atoms with van der Waals surface area (Å²) < 4.78 is 0. The van der Waals surface area contributed by atoms with E-state index in [1.165, 1.54) is 20.0 Å². The Hall–Kier alpha value is -2.47. The SMILES string of the molecule is C.CC(=O)Nc1cc(C)ccn1.CC(=O)c1ccnc(N)c1.Cl. The summed E-state index contributed by atoms with van der Waals surface area (Å²) in [6.07, 6.45) is 3.19. The highest BCUT2D eigenvalue weighted by molar-refractivity contribution is 5.94. The number of Topliss-reactive ketones (excluding diaryl/α,β-unsaturated/α-hetero) is 1. The zero-order valence-corrected chi connectivity index (χ0v) is 13.5. The molecule has 6 nitrogen and oxygen atoms in total. The lowest BCUT2D eigenvalue weighted by Crippen LogP contribution is -2.07. The molecule has 0 saturated carbocycles. The van der Waals surface area contributed by atoms with Gasteiger partial charge in [0.05, 0.1) is 0 Å². The molecule has 2 aromatic rings. The number of amides is 1. The predicted molar refractivity (Wildman–Crippen MR) is 95.9 cm³/mol. The number of carbonyl (C=O) groups is 2. The Morgan fingerprint density at radius 1 is 1.09 bits per heavy atom. The van der Waals surface area contributed by atoms with Crippen LogP contribution in [0.4, 0.5) is 11.6 Å². The normalized spacial score (nSPS) is 8.48. The molecule has 0 spiro atoms. The Morgan fingerprint density at radius 2 is 1.70 bits per heavy atom. The van der Waals surface area contributed by atoms with Crippen molar-refractivity contribution in [3.8, 4) is 0 Å². The monoisotopic (exact) mass is 338 g/mol. The minimum absolute atomic E-state index is 0. The number of nitrogens with one attached hydrogen (secondary N) is 1. The lowest BCUT2D eigenvalue weighted by molar-refractivity contribution is -0.114. The second-order valence-electron chi connectivity index (χ2n) is 4.43. The molecule has 0 aliphatic rings. The quantitative estimate of drug-likeness (QED) is 0.819. The number of anilines is 2. The molecule has 0 bridgehead atoms. The summed E-state index contributed by atoms with van der Waals surface area (Å²) in [6, 6.07) is 6.90. The third-order valence-corrected chi connectivity index (χ3v) is 2.41. The second kappa shape index (κ2) is 11.1. The van der Waals surface area contributed by atoms with E-state index in [9.17, 15) is 9.59 Å². The van der Waals surface area contributed by atoms with Gasteiger partial charge in [0.1, 0.15) is 11.6 Å². The highest BCUT2D eigenvalue weighted by Crippen LogP contribution is 2.04. The minimum Gasteiger partial charge on any atom is -0.384 e. The van der Waals surface area contributed by atoms with Gasteiger partial charge in [0.15, 0.2) is 5.78 Å². The molecule has 2 heterocycles. The average molecular weight is 339 g/mol. The molecule has 0 atom stereocenters. The molecule has 0 aliphatic heterocycles. The molecule has 23 heavy (non-hydrogen) atoms. The minimum atomic E-state index is -0.0944. The second-order valence-corrected chi connectivity index (χ2v) is 4.43. The Kier molecular flexibility index (Phi) is 11.1. The van der Waals surface area contributed by atoms with Crippen LogP contribution >= 0.6 is 12.4 Å². The van der Waals surface area contributed by atoms with E-state index in [0.717, 1.165) is 5.56 Å². The molecule has 0 saturated heterocycles. The van der Waals surface area contributed by atoms with Crippen LogP contribution in [0.2, 0.25) is 0 Å². The smallest absolute Gasteiger partial charge is 0.222 e. The van der Waals surface area contributed by atoms with Gasteiger partial charge < -0.3 is 11.1 Å². The number of carbonyl (C=O) groups excluding carboxylic acids is 2. The molecule has 7 heteroatoms. The first-order valence-corrected chi connectivity index (χ1v) is 6.31. The standard InChI is InChI=1S/C8H10N2O.C7H8N2O.CH4.ClH/c1-6-3-4-9-8(5-6)10-7(2)11;1-5(10)6-2-3-9-7(8)4-6;;/h3-5H,1-2H3,(H,9,10,11);2-4H,1H3,(H2,8,9);1H4;1H. The van der Waals surface area contributed by atoms with Crippen molar-refractivity contribution in [1.82, 2.24) is 9.97 Å². The first-order valence-electron chi connectivity index (χ1n) is 6.31. The number of ketones is 1. The zero-order valence-electron chi connectivity index (χ0n) is 12.7. The van der Waals surface area contributed by atoms with Crippen LogP contribution in [0.1, 0.15) is 37.2 Å². The Bertz CT molecular complexity index is 647. The van der Waals surface area contributed by atoms with E-state index >= 15 is 0 Å². The number of halogens is 1. The molecule has 2 aromatic heterocycles. The van der Waals surface area contributed by atoms with Crippen molar-refractivity contribution in [1.29, 1.82) is 0 Å². The third-order valence-electron chi connectivity index (χ3n) is 2.41. The van der Waals surface area contributed by atoms with Gasteiger partial charge in [-0.3, -0.25) is 9.59 Å². The van der Waals surface area contributed by atoms with Gasteiger partial charge >= 0.3 is 0 Å². The fourth-order valence-electron chi connectivity index (χ4n) is 1.45. The topological polar surface area (TPSA) is 98.0 Å². The van der Waals surface area contributed by atoms with Gasteiger partial charge in [-0.05, 0) is 43.7 Å². The van der Waals surface area contributed by atoms with E-state index < -0.39 is 0 Å². The van der Waals surface area contributed by atoms with E-state index in [1.807, 2.05) is 19.1 Å². The van der Waals surface area contributed by atoms with E-state index in [0.29, 0.717) is 17.2 Å². The first-order chi connectivity index (χ1) is 9.88. The van der Waals surface area contributed by atoms with Crippen LogP contribution in [0.5, 0.6) is 0 Å². The number of hydrogen-bond donors (Lipinski definition) is 2. The van der Waals surface area contributed by atoms with Gasteiger partial charge in [-0.25, -0.2) is 9.97 Å².